The number of aromatic nitrogens is 1. The van der Waals surface area contributed by atoms with Gasteiger partial charge in [-0.2, -0.15) is 0 Å². The van der Waals surface area contributed by atoms with Crippen LogP contribution in [0.25, 0.3) is 10.9 Å². The van der Waals surface area contributed by atoms with E-state index in [1.807, 2.05) is 24.5 Å². The maximum atomic E-state index is 14.1. The van der Waals surface area contributed by atoms with Gasteiger partial charge in [0.25, 0.3) is 0 Å². The predicted octanol–water partition coefficient (Wildman–Crippen LogP) is 1.98. The van der Waals surface area contributed by atoms with Crippen LogP contribution in [0.4, 0.5) is 10.1 Å². The van der Waals surface area contributed by atoms with Gasteiger partial charge in [0.05, 0.1) is 30.5 Å². The molecule has 7 nitrogen and oxygen atoms in total. The summed E-state index contributed by atoms with van der Waals surface area (Å²) in [6.45, 7) is 5.12. The van der Waals surface area contributed by atoms with Gasteiger partial charge in [0.2, 0.25) is 0 Å². The van der Waals surface area contributed by atoms with Crippen LogP contribution in [0.2, 0.25) is 0 Å². The van der Waals surface area contributed by atoms with Crippen LogP contribution in [0.1, 0.15) is 32.4 Å². The summed E-state index contributed by atoms with van der Waals surface area (Å²) in [5.41, 5.74) is 6.71. The van der Waals surface area contributed by atoms with E-state index in [4.69, 9.17) is 15.2 Å². The Morgan fingerprint density at radius 1 is 1.24 bits per heavy atom. The lowest BCUT2D eigenvalue weighted by atomic mass is 9.90. The van der Waals surface area contributed by atoms with Gasteiger partial charge in [-0.15, -0.1) is 0 Å². The molecule has 0 aliphatic heterocycles. The van der Waals surface area contributed by atoms with Gasteiger partial charge in [-0.3, -0.25) is 0 Å². The van der Waals surface area contributed by atoms with Crippen LogP contribution in [0.5, 0.6) is 0 Å². The molecule has 1 atom stereocenters. The number of anilines is 1. The number of ether oxygens (including phenoxy) is 2. The smallest absolute Gasteiger partial charge is 0.156 e. The molecule has 0 fully saturated rings. The van der Waals surface area contributed by atoms with Crippen molar-refractivity contribution in [3.05, 3.63) is 29.7 Å². The Morgan fingerprint density at radius 2 is 1.93 bits per heavy atom. The van der Waals surface area contributed by atoms with Crippen LogP contribution < -0.4 is 11.1 Å². The number of hydrogen-bond donors (Lipinski definition) is 4. The quantitative estimate of drug-likeness (QED) is 0.242. The number of methoxy groups -OCH3 is 2. The van der Waals surface area contributed by atoms with Gasteiger partial charge in [0, 0.05) is 43.3 Å². The molecule has 29 heavy (non-hydrogen) atoms. The van der Waals surface area contributed by atoms with Crippen LogP contribution >= 0.6 is 0 Å². The number of hydrogen-bond acceptors (Lipinski definition) is 6. The molecule has 2 rings (SSSR count). The summed E-state index contributed by atoms with van der Waals surface area (Å²) in [6, 6.07) is 4.87. The fraction of sp³-hybridized carbons (Fsp3) is 0.619. The lowest BCUT2D eigenvalue weighted by Gasteiger charge is -2.26. The summed E-state index contributed by atoms with van der Waals surface area (Å²) in [5.74, 6) is -0.497. The van der Waals surface area contributed by atoms with E-state index in [1.165, 1.54) is 6.07 Å². The Morgan fingerprint density at radius 3 is 2.55 bits per heavy atom. The SMILES string of the molecule is COC(CCCNC[C@H](O)Cn1c(C(C)(C)CO)cc2cc(N)c(F)cc21)OC. The van der Waals surface area contributed by atoms with Crippen LogP contribution in [0.15, 0.2) is 18.2 Å². The van der Waals surface area contributed by atoms with Crippen molar-refractivity contribution in [1.82, 2.24) is 9.88 Å². The molecule has 1 aromatic carbocycles. The highest BCUT2D eigenvalue weighted by atomic mass is 19.1. The molecule has 0 saturated carbocycles. The Labute approximate surface area is 171 Å². The van der Waals surface area contributed by atoms with Crippen molar-refractivity contribution in [3.8, 4) is 0 Å². The average molecular weight is 412 g/mol. The number of nitrogen functional groups attached to an aromatic ring is 1. The third kappa shape index (κ3) is 5.90. The van der Waals surface area contributed by atoms with Crippen LogP contribution in [0, 0.1) is 5.82 Å². The van der Waals surface area contributed by atoms with E-state index >= 15 is 0 Å². The van der Waals surface area contributed by atoms with Gasteiger partial charge >= 0.3 is 0 Å². The Bertz CT molecular complexity index is 790. The second-order valence-electron chi connectivity index (χ2n) is 8.02. The summed E-state index contributed by atoms with van der Waals surface area (Å²) in [7, 11) is 3.21. The van der Waals surface area contributed by atoms with Crippen molar-refractivity contribution >= 4 is 16.6 Å². The molecule has 0 spiro atoms. The average Bonchev–Trinajstić information content (AvgIpc) is 3.03. The van der Waals surface area contributed by atoms with Crippen LogP contribution in [-0.2, 0) is 21.4 Å². The molecule has 1 aromatic heterocycles. The monoisotopic (exact) mass is 411 g/mol. The molecule has 0 aliphatic rings. The van der Waals surface area contributed by atoms with Crippen molar-refractivity contribution in [2.24, 2.45) is 0 Å². The normalized spacial score (nSPS) is 13.5. The van der Waals surface area contributed by atoms with Gasteiger partial charge in [-0.1, -0.05) is 13.8 Å². The molecule has 0 bridgehead atoms. The van der Waals surface area contributed by atoms with E-state index in [0.717, 1.165) is 23.9 Å². The van der Waals surface area contributed by atoms with Crippen molar-refractivity contribution in [1.29, 1.82) is 0 Å². The molecular formula is C21H34FN3O4. The first-order valence-corrected chi connectivity index (χ1v) is 9.87. The number of fused-ring (bicyclic) bond motifs is 1. The van der Waals surface area contributed by atoms with Gasteiger partial charge in [0.1, 0.15) is 5.82 Å². The van der Waals surface area contributed by atoms with Crippen molar-refractivity contribution in [3.63, 3.8) is 0 Å². The zero-order valence-electron chi connectivity index (χ0n) is 17.7. The number of benzene rings is 1. The third-order valence-electron chi connectivity index (χ3n) is 5.20. The molecule has 2 aromatic rings. The maximum Gasteiger partial charge on any atom is 0.156 e. The van der Waals surface area contributed by atoms with Crippen molar-refractivity contribution in [2.75, 3.05) is 39.6 Å². The number of aliphatic hydroxyl groups excluding tert-OH is 2. The minimum Gasteiger partial charge on any atom is -0.396 e. The zero-order valence-corrected chi connectivity index (χ0v) is 17.7. The number of aliphatic hydroxyl groups is 2. The molecule has 0 unspecified atom stereocenters. The first-order chi connectivity index (χ1) is 13.7. The number of nitrogens with zero attached hydrogens (tertiary/aromatic N) is 1. The first kappa shape index (κ1) is 23.6. The largest absolute Gasteiger partial charge is 0.396 e. The van der Waals surface area contributed by atoms with Crippen molar-refractivity contribution in [2.45, 2.75) is 51.0 Å². The molecule has 0 saturated heterocycles. The summed E-state index contributed by atoms with van der Waals surface area (Å²) in [5, 5.41) is 24.4. The zero-order chi connectivity index (χ0) is 21.6. The minimum absolute atomic E-state index is 0.0736. The molecule has 8 heteroatoms. The van der Waals surface area contributed by atoms with E-state index in [0.29, 0.717) is 18.6 Å². The summed E-state index contributed by atoms with van der Waals surface area (Å²) < 4.78 is 26.2. The second kappa shape index (κ2) is 10.4. The van der Waals surface area contributed by atoms with Gasteiger partial charge < -0.3 is 35.3 Å². The number of halogens is 1. The molecular weight excluding hydrogens is 377 g/mol. The molecule has 0 amide bonds. The van der Waals surface area contributed by atoms with Gasteiger partial charge in [0.15, 0.2) is 6.29 Å². The number of nitrogens with one attached hydrogen (secondary N) is 1. The molecule has 0 radical (unpaired) electrons. The van der Waals surface area contributed by atoms with Gasteiger partial charge in [-0.05, 0) is 31.5 Å². The van der Waals surface area contributed by atoms with E-state index in [-0.39, 0.29) is 25.1 Å². The lowest BCUT2D eigenvalue weighted by molar-refractivity contribution is -0.106. The van der Waals surface area contributed by atoms with Crippen LogP contribution in [0.3, 0.4) is 0 Å². The Kier molecular flexibility index (Phi) is 8.42. The Hall–Kier alpha value is -1.71. The molecule has 164 valence electrons. The lowest BCUT2D eigenvalue weighted by Crippen LogP contribution is -2.33. The number of nitrogens with two attached hydrogens (primary N) is 1. The predicted molar refractivity (Wildman–Crippen MR) is 112 cm³/mol. The highest BCUT2D eigenvalue weighted by Gasteiger charge is 2.26. The van der Waals surface area contributed by atoms with Crippen molar-refractivity contribution < 1.29 is 24.1 Å². The fourth-order valence-corrected chi connectivity index (χ4v) is 3.41. The topological polar surface area (TPSA) is 102 Å². The Balaban J connectivity index is 2.09. The maximum absolute atomic E-state index is 14.1. The fourth-order valence-electron chi connectivity index (χ4n) is 3.41. The standard InChI is InChI=1S/C21H34FN3O4/c1-21(2,13-26)19-9-14-8-17(23)16(22)10-18(14)25(19)12-15(27)11-24-7-5-6-20(28-3)29-4/h8-10,15,20,24,26-27H,5-7,11-13,23H2,1-4H3/t15-/m0/s1. The van der Waals surface area contributed by atoms with E-state index in [2.05, 4.69) is 5.32 Å². The van der Waals surface area contributed by atoms with E-state index in [1.54, 1.807) is 20.3 Å². The summed E-state index contributed by atoms with van der Waals surface area (Å²) in [4.78, 5) is 0. The van der Waals surface area contributed by atoms with Crippen LogP contribution in [-0.4, -0.2) is 61.1 Å². The summed E-state index contributed by atoms with van der Waals surface area (Å²) in [6.07, 6.45) is 0.700. The molecule has 0 aliphatic carbocycles. The molecule has 5 N–H and O–H groups in total. The third-order valence-corrected chi connectivity index (χ3v) is 5.20. The first-order valence-electron chi connectivity index (χ1n) is 9.87. The van der Waals surface area contributed by atoms with Gasteiger partial charge in [-0.25, -0.2) is 4.39 Å². The highest BCUT2D eigenvalue weighted by molar-refractivity contribution is 5.85. The molecule has 1 heterocycles. The van der Waals surface area contributed by atoms with E-state index < -0.39 is 17.3 Å². The summed E-state index contributed by atoms with van der Waals surface area (Å²) >= 11 is 0. The number of rotatable bonds is 12. The second-order valence-corrected chi connectivity index (χ2v) is 8.02. The van der Waals surface area contributed by atoms with E-state index in [9.17, 15) is 14.6 Å². The minimum atomic E-state index is -0.680. The highest BCUT2D eigenvalue weighted by Crippen LogP contribution is 2.32.